The van der Waals surface area contributed by atoms with Gasteiger partial charge in [-0.2, -0.15) is 5.10 Å². The highest BCUT2D eigenvalue weighted by Gasteiger charge is 2.21. The summed E-state index contributed by atoms with van der Waals surface area (Å²) in [6.45, 7) is 2.20. The van der Waals surface area contributed by atoms with Crippen molar-refractivity contribution in [1.82, 2.24) is 20.1 Å². The summed E-state index contributed by atoms with van der Waals surface area (Å²) in [7, 11) is 0. The molecule has 1 rings (SSSR count). The summed E-state index contributed by atoms with van der Waals surface area (Å²) in [5, 5.41) is 15.2. The van der Waals surface area contributed by atoms with Gasteiger partial charge in [0.05, 0.1) is 13.2 Å². The summed E-state index contributed by atoms with van der Waals surface area (Å²) in [6, 6.07) is -1.11. The average molecular weight is 298 g/mol. The van der Waals surface area contributed by atoms with Crippen molar-refractivity contribution in [2.24, 2.45) is 0 Å². The number of carbonyl (C=O) groups excluding carboxylic acids is 2. The van der Waals surface area contributed by atoms with Crippen molar-refractivity contribution in [1.29, 1.82) is 0 Å². The summed E-state index contributed by atoms with van der Waals surface area (Å²) in [6.07, 6.45) is 2.81. The van der Waals surface area contributed by atoms with E-state index in [-0.39, 0.29) is 25.9 Å². The lowest BCUT2D eigenvalue weighted by Gasteiger charge is -2.14. The van der Waals surface area contributed by atoms with E-state index in [0.29, 0.717) is 6.54 Å². The molecule has 0 radical (unpaired) electrons. The maximum atomic E-state index is 11.7. The molecule has 9 nitrogen and oxygen atoms in total. The van der Waals surface area contributed by atoms with Crippen molar-refractivity contribution in [3.63, 3.8) is 0 Å². The van der Waals surface area contributed by atoms with Gasteiger partial charge in [0.25, 0.3) is 0 Å². The van der Waals surface area contributed by atoms with Crippen LogP contribution in [-0.4, -0.2) is 50.4 Å². The molecule has 2 N–H and O–H groups in total. The molecule has 1 heterocycles. The highest BCUT2D eigenvalue weighted by molar-refractivity contribution is 5.83. The monoisotopic (exact) mass is 298 g/mol. The van der Waals surface area contributed by atoms with Crippen LogP contribution in [0.1, 0.15) is 26.2 Å². The quantitative estimate of drug-likeness (QED) is 0.593. The summed E-state index contributed by atoms with van der Waals surface area (Å²) in [5.74, 6) is -2.10. The van der Waals surface area contributed by atoms with Crippen molar-refractivity contribution in [2.75, 3.05) is 6.61 Å². The lowest BCUT2D eigenvalue weighted by molar-refractivity contribution is -0.145. The minimum atomic E-state index is -1.19. The Morgan fingerprint density at radius 2 is 2.14 bits per heavy atom. The molecule has 0 saturated carbocycles. The molecule has 0 fully saturated rings. The minimum Gasteiger partial charge on any atom is -0.480 e. The van der Waals surface area contributed by atoms with Crippen LogP contribution in [0.5, 0.6) is 0 Å². The maximum Gasteiger partial charge on any atom is 0.326 e. The first-order valence-electron chi connectivity index (χ1n) is 6.53. The zero-order valence-electron chi connectivity index (χ0n) is 11.7. The van der Waals surface area contributed by atoms with Gasteiger partial charge in [-0.1, -0.05) is 0 Å². The number of hydrogen-bond donors (Lipinski definition) is 2. The van der Waals surface area contributed by atoms with Crippen LogP contribution in [-0.2, 0) is 25.7 Å². The third kappa shape index (κ3) is 6.50. The third-order valence-electron chi connectivity index (χ3n) is 2.61. The molecule has 9 heteroatoms. The lowest BCUT2D eigenvalue weighted by Crippen LogP contribution is -2.41. The largest absolute Gasteiger partial charge is 0.480 e. The van der Waals surface area contributed by atoms with Gasteiger partial charge in [-0.25, -0.2) is 9.78 Å². The summed E-state index contributed by atoms with van der Waals surface area (Å²) < 4.78 is 6.18. The van der Waals surface area contributed by atoms with Crippen LogP contribution in [0.2, 0.25) is 0 Å². The Labute approximate surface area is 121 Å². The molecule has 0 aliphatic rings. The van der Waals surface area contributed by atoms with Crippen molar-refractivity contribution in [3.05, 3.63) is 12.7 Å². The molecule has 0 bridgehead atoms. The van der Waals surface area contributed by atoms with Crippen LogP contribution in [0.25, 0.3) is 0 Å². The van der Waals surface area contributed by atoms with Crippen LogP contribution < -0.4 is 5.32 Å². The van der Waals surface area contributed by atoms with E-state index in [1.165, 1.54) is 17.3 Å². The van der Waals surface area contributed by atoms with E-state index < -0.39 is 23.9 Å². The number of ether oxygens (including phenoxy) is 1. The van der Waals surface area contributed by atoms with Gasteiger partial charge in [-0.05, 0) is 13.3 Å². The fraction of sp³-hybridized carbons (Fsp3) is 0.583. The Bertz CT molecular complexity index is 474. The molecule has 0 spiro atoms. The fourth-order valence-electron chi connectivity index (χ4n) is 1.58. The highest BCUT2D eigenvalue weighted by atomic mass is 16.5. The average Bonchev–Trinajstić information content (AvgIpc) is 2.94. The number of nitrogens with zero attached hydrogens (tertiary/aromatic N) is 3. The Hall–Kier alpha value is -2.45. The highest BCUT2D eigenvalue weighted by Crippen LogP contribution is 2.01. The molecule has 0 aromatic carbocycles. The molecular weight excluding hydrogens is 280 g/mol. The number of amides is 1. The first-order chi connectivity index (χ1) is 10.0. The molecule has 0 unspecified atom stereocenters. The van der Waals surface area contributed by atoms with E-state index in [1.54, 1.807) is 6.92 Å². The topological polar surface area (TPSA) is 123 Å². The van der Waals surface area contributed by atoms with Gasteiger partial charge in [-0.15, -0.1) is 0 Å². The molecule has 116 valence electrons. The number of aliphatic carboxylic acids is 1. The SMILES string of the molecule is CCOC(=O)CC[C@H](NC(=O)CCn1cncn1)C(=O)O. The zero-order valence-corrected chi connectivity index (χ0v) is 11.7. The van der Waals surface area contributed by atoms with Gasteiger partial charge in [0.1, 0.15) is 18.7 Å². The van der Waals surface area contributed by atoms with Crippen LogP contribution in [0.15, 0.2) is 12.7 Å². The standard InChI is InChI=1S/C12H18N4O5/c1-2-21-11(18)4-3-9(12(19)20)15-10(17)5-6-16-8-13-7-14-16/h7-9H,2-6H2,1H3,(H,15,17)(H,19,20)/t9-/m0/s1. The fourth-order valence-corrected chi connectivity index (χ4v) is 1.58. The normalized spacial score (nSPS) is 11.7. The van der Waals surface area contributed by atoms with Crippen molar-refractivity contribution in [2.45, 2.75) is 38.8 Å². The number of rotatable bonds is 9. The predicted molar refractivity (Wildman–Crippen MR) is 70.1 cm³/mol. The predicted octanol–water partition coefficient (Wildman–Crippen LogP) is -0.419. The first kappa shape index (κ1) is 16.6. The molecule has 0 saturated heterocycles. The van der Waals surface area contributed by atoms with Crippen molar-refractivity contribution >= 4 is 17.8 Å². The smallest absolute Gasteiger partial charge is 0.326 e. The van der Waals surface area contributed by atoms with E-state index in [9.17, 15) is 14.4 Å². The second-order valence-electron chi connectivity index (χ2n) is 4.21. The Morgan fingerprint density at radius 3 is 2.71 bits per heavy atom. The van der Waals surface area contributed by atoms with Crippen LogP contribution in [0.3, 0.4) is 0 Å². The number of esters is 1. The molecular formula is C12H18N4O5. The minimum absolute atomic E-state index is 0.0107. The van der Waals surface area contributed by atoms with Crippen molar-refractivity contribution in [3.8, 4) is 0 Å². The summed E-state index contributed by atoms with van der Waals surface area (Å²) in [5.41, 5.74) is 0. The third-order valence-corrected chi connectivity index (χ3v) is 2.61. The molecule has 1 aromatic rings. The van der Waals surface area contributed by atoms with E-state index >= 15 is 0 Å². The van der Waals surface area contributed by atoms with Crippen LogP contribution >= 0.6 is 0 Å². The van der Waals surface area contributed by atoms with Gasteiger partial charge in [-0.3, -0.25) is 14.3 Å². The first-order valence-corrected chi connectivity index (χ1v) is 6.53. The van der Waals surface area contributed by atoms with Gasteiger partial charge >= 0.3 is 11.9 Å². The lowest BCUT2D eigenvalue weighted by atomic mass is 10.1. The molecule has 1 atom stereocenters. The summed E-state index contributed by atoms with van der Waals surface area (Å²) in [4.78, 5) is 37.6. The van der Waals surface area contributed by atoms with Crippen LogP contribution in [0, 0.1) is 0 Å². The number of carboxylic acids is 1. The Balaban J connectivity index is 2.37. The molecule has 0 aliphatic heterocycles. The second-order valence-corrected chi connectivity index (χ2v) is 4.21. The van der Waals surface area contributed by atoms with E-state index in [1.807, 2.05) is 0 Å². The number of carbonyl (C=O) groups is 3. The maximum absolute atomic E-state index is 11.7. The van der Waals surface area contributed by atoms with Gasteiger partial charge < -0.3 is 15.2 Å². The number of carboxylic acid groups (broad SMARTS) is 1. The van der Waals surface area contributed by atoms with E-state index in [4.69, 9.17) is 9.84 Å². The molecule has 0 aliphatic carbocycles. The zero-order chi connectivity index (χ0) is 15.7. The van der Waals surface area contributed by atoms with E-state index in [2.05, 4.69) is 15.4 Å². The number of aromatic nitrogens is 3. The second kappa shape index (κ2) is 8.67. The number of aryl methyl sites for hydroxylation is 1. The molecule has 1 aromatic heterocycles. The van der Waals surface area contributed by atoms with Gasteiger partial charge in [0.2, 0.25) is 5.91 Å². The summed E-state index contributed by atoms with van der Waals surface area (Å²) >= 11 is 0. The Kier molecular flexibility index (Phi) is 6.85. The van der Waals surface area contributed by atoms with Crippen LogP contribution in [0.4, 0.5) is 0 Å². The number of nitrogens with one attached hydrogen (secondary N) is 1. The van der Waals surface area contributed by atoms with Gasteiger partial charge in [0, 0.05) is 12.8 Å². The van der Waals surface area contributed by atoms with Crippen molar-refractivity contribution < 1.29 is 24.2 Å². The van der Waals surface area contributed by atoms with Gasteiger partial charge in [0.15, 0.2) is 0 Å². The number of hydrogen-bond acceptors (Lipinski definition) is 6. The van der Waals surface area contributed by atoms with E-state index in [0.717, 1.165) is 0 Å². The Morgan fingerprint density at radius 1 is 1.38 bits per heavy atom. The molecule has 21 heavy (non-hydrogen) atoms. The molecule has 1 amide bonds.